The third-order valence-electron chi connectivity index (χ3n) is 1.25. The molecule has 1 aromatic rings. The second-order valence-electron chi connectivity index (χ2n) is 2.16. The number of nitriles is 1. The summed E-state index contributed by atoms with van der Waals surface area (Å²) < 4.78 is 0.904. The molecular weight excluding hydrogens is 254 g/mol. The Balaban J connectivity index is 3.00. The molecule has 0 spiro atoms. The number of aliphatic carboxylic acids is 1. The van der Waals surface area contributed by atoms with Crippen molar-refractivity contribution < 1.29 is 9.90 Å². The summed E-state index contributed by atoms with van der Waals surface area (Å²) in [6.07, 6.45) is 1.34. The van der Waals surface area contributed by atoms with Crippen molar-refractivity contribution in [2.75, 3.05) is 0 Å². The smallest absolute Gasteiger partial charge is 0.346 e. The average Bonchev–Trinajstić information content (AvgIpc) is 2.46. The van der Waals surface area contributed by atoms with Crippen molar-refractivity contribution in [2.45, 2.75) is 0 Å². The second kappa shape index (κ2) is 4.21. The minimum absolute atomic E-state index is 0.259. The van der Waals surface area contributed by atoms with Gasteiger partial charge in [0.1, 0.15) is 11.6 Å². The lowest BCUT2D eigenvalue weighted by molar-refractivity contribution is -0.132. The zero-order valence-electron chi connectivity index (χ0n) is 6.32. The molecule has 0 radical (unpaired) electrons. The van der Waals surface area contributed by atoms with Crippen molar-refractivity contribution in [1.29, 1.82) is 5.26 Å². The quantitative estimate of drug-likeness (QED) is 0.654. The van der Waals surface area contributed by atoms with Gasteiger partial charge >= 0.3 is 5.97 Å². The third kappa shape index (κ3) is 2.68. The zero-order chi connectivity index (χ0) is 9.84. The molecule has 0 saturated carbocycles. The molecule has 1 N–H and O–H groups in total. The monoisotopic (exact) mass is 257 g/mol. The molecule has 0 aliphatic heterocycles. The van der Waals surface area contributed by atoms with Gasteiger partial charge in [-0.2, -0.15) is 5.26 Å². The number of thiophene rings is 1. The summed E-state index contributed by atoms with van der Waals surface area (Å²) in [5, 5.41) is 18.8. The SMILES string of the molecule is N#C/C(=C\c1csc(Br)c1)C(=O)O. The summed E-state index contributed by atoms with van der Waals surface area (Å²) in [4.78, 5) is 10.4. The summed E-state index contributed by atoms with van der Waals surface area (Å²) in [6, 6.07) is 3.37. The highest BCUT2D eigenvalue weighted by atomic mass is 79.9. The van der Waals surface area contributed by atoms with Crippen LogP contribution in [0.25, 0.3) is 6.08 Å². The predicted molar refractivity (Wildman–Crippen MR) is 53.2 cm³/mol. The topological polar surface area (TPSA) is 61.1 Å². The van der Waals surface area contributed by atoms with Gasteiger partial charge in [-0.25, -0.2) is 4.79 Å². The number of carboxylic acids is 1. The van der Waals surface area contributed by atoms with Crippen LogP contribution in [0.3, 0.4) is 0 Å². The maximum absolute atomic E-state index is 10.4. The van der Waals surface area contributed by atoms with Gasteiger partial charge in [-0.3, -0.25) is 0 Å². The number of rotatable bonds is 2. The van der Waals surface area contributed by atoms with Crippen LogP contribution in [-0.4, -0.2) is 11.1 Å². The Labute approximate surface area is 87.1 Å². The van der Waals surface area contributed by atoms with Crippen LogP contribution in [0.1, 0.15) is 5.56 Å². The van der Waals surface area contributed by atoms with Crippen LogP contribution in [0.5, 0.6) is 0 Å². The first kappa shape index (κ1) is 9.96. The predicted octanol–water partition coefficient (Wildman–Crippen LogP) is 2.50. The van der Waals surface area contributed by atoms with Crippen molar-refractivity contribution in [3.63, 3.8) is 0 Å². The molecule has 0 atom stereocenters. The van der Waals surface area contributed by atoms with Crippen LogP contribution in [-0.2, 0) is 4.79 Å². The lowest BCUT2D eigenvalue weighted by Gasteiger charge is -1.87. The van der Waals surface area contributed by atoms with Gasteiger partial charge in [0, 0.05) is 0 Å². The Morgan fingerprint density at radius 3 is 2.85 bits per heavy atom. The van der Waals surface area contributed by atoms with E-state index in [2.05, 4.69) is 15.9 Å². The van der Waals surface area contributed by atoms with Gasteiger partial charge in [-0.1, -0.05) is 0 Å². The fourth-order valence-electron chi connectivity index (χ4n) is 0.708. The normalized spacial score (nSPS) is 10.9. The van der Waals surface area contributed by atoms with E-state index in [1.54, 1.807) is 17.5 Å². The number of carboxylic acid groups (broad SMARTS) is 1. The van der Waals surface area contributed by atoms with Crippen molar-refractivity contribution in [3.05, 3.63) is 26.4 Å². The molecule has 1 heterocycles. The van der Waals surface area contributed by atoms with E-state index < -0.39 is 5.97 Å². The van der Waals surface area contributed by atoms with Crippen LogP contribution in [0.4, 0.5) is 0 Å². The highest BCUT2D eigenvalue weighted by Crippen LogP contribution is 2.22. The Kier molecular flexibility index (Phi) is 3.23. The van der Waals surface area contributed by atoms with E-state index in [9.17, 15) is 4.79 Å². The van der Waals surface area contributed by atoms with Crippen LogP contribution in [0.15, 0.2) is 20.8 Å². The highest BCUT2D eigenvalue weighted by molar-refractivity contribution is 9.11. The second-order valence-corrected chi connectivity index (χ2v) is 4.45. The average molecular weight is 258 g/mol. The van der Waals surface area contributed by atoms with E-state index >= 15 is 0 Å². The third-order valence-corrected chi connectivity index (χ3v) is 2.77. The number of nitrogens with zero attached hydrogens (tertiary/aromatic N) is 1. The molecule has 0 fully saturated rings. The largest absolute Gasteiger partial charge is 0.477 e. The standard InChI is InChI=1S/C8H4BrNO2S/c9-7-2-5(4-13-7)1-6(3-10)8(11)12/h1-2,4H,(H,11,12)/b6-1+. The van der Waals surface area contributed by atoms with Crippen LogP contribution in [0, 0.1) is 11.3 Å². The molecule has 1 aromatic heterocycles. The molecule has 0 saturated heterocycles. The van der Waals surface area contributed by atoms with Crippen LogP contribution < -0.4 is 0 Å². The van der Waals surface area contributed by atoms with Gasteiger partial charge in [0.15, 0.2) is 0 Å². The Bertz CT molecular complexity index is 403. The van der Waals surface area contributed by atoms with E-state index in [4.69, 9.17) is 10.4 Å². The minimum atomic E-state index is -1.20. The van der Waals surface area contributed by atoms with Gasteiger partial charge in [-0.05, 0) is 39.0 Å². The molecule has 66 valence electrons. The van der Waals surface area contributed by atoms with E-state index in [1.165, 1.54) is 17.4 Å². The van der Waals surface area contributed by atoms with Crippen molar-refractivity contribution in [1.82, 2.24) is 0 Å². The van der Waals surface area contributed by atoms with Crippen LogP contribution >= 0.6 is 27.3 Å². The zero-order valence-corrected chi connectivity index (χ0v) is 8.72. The Hall–Kier alpha value is -1.12. The van der Waals surface area contributed by atoms with Crippen molar-refractivity contribution >= 4 is 39.3 Å². The maximum atomic E-state index is 10.4. The summed E-state index contributed by atoms with van der Waals surface area (Å²) in [6.45, 7) is 0. The summed E-state index contributed by atoms with van der Waals surface area (Å²) >= 11 is 4.68. The van der Waals surface area contributed by atoms with Gasteiger partial charge in [-0.15, -0.1) is 11.3 Å². The van der Waals surface area contributed by atoms with E-state index in [1.807, 2.05) is 0 Å². The molecule has 5 heteroatoms. The molecule has 0 aliphatic carbocycles. The van der Waals surface area contributed by atoms with E-state index in [0.717, 1.165) is 9.35 Å². The molecule has 0 aliphatic rings. The number of halogens is 1. The first-order valence-corrected chi connectivity index (χ1v) is 4.90. The fraction of sp³-hybridized carbons (Fsp3) is 0. The van der Waals surface area contributed by atoms with Crippen LogP contribution in [0.2, 0.25) is 0 Å². The van der Waals surface area contributed by atoms with Gasteiger partial charge < -0.3 is 5.11 Å². The first-order valence-electron chi connectivity index (χ1n) is 3.22. The molecule has 0 unspecified atom stereocenters. The lowest BCUT2D eigenvalue weighted by Crippen LogP contribution is -1.96. The summed E-state index contributed by atoms with van der Waals surface area (Å²) in [7, 11) is 0. The van der Waals surface area contributed by atoms with Gasteiger partial charge in [0.2, 0.25) is 0 Å². The Morgan fingerprint density at radius 2 is 2.46 bits per heavy atom. The minimum Gasteiger partial charge on any atom is -0.477 e. The summed E-state index contributed by atoms with van der Waals surface area (Å²) in [5.41, 5.74) is 0.459. The molecule has 1 rings (SSSR count). The van der Waals surface area contributed by atoms with Gasteiger partial charge in [0.25, 0.3) is 0 Å². The molecule has 0 amide bonds. The van der Waals surface area contributed by atoms with Gasteiger partial charge in [0.05, 0.1) is 3.79 Å². The number of hydrogen-bond donors (Lipinski definition) is 1. The molecule has 0 bridgehead atoms. The molecule has 3 nitrogen and oxygen atoms in total. The first-order chi connectivity index (χ1) is 6.13. The van der Waals surface area contributed by atoms with Crippen molar-refractivity contribution in [3.8, 4) is 6.07 Å². The lowest BCUT2D eigenvalue weighted by atomic mass is 10.2. The molecule has 13 heavy (non-hydrogen) atoms. The Morgan fingerprint density at radius 1 is 1.77 bits per heavy atom. The maximum Gasteiger partial charge on any atom is 0.346 e. The molecule has 0 aromatic carbocycles. The molecular formula is C8H4BrNO2S. The number of hydrogen-bond acceptors (Lipinski definition) is 3. The number of carbonyl (C=O) groups is 1. The van der Waals surface area contributed by atoms with E-state index in [0.29, 0.717) is 0 Å². The fourth-order valence-corrected chi connectivity index (χ4v) is 1.84. The summed E-state index contributed by atoms with van der Waals surface area (Å²) in [5.74, 6) is -1.20. The van der Waals surface area contributed by atoms with Crippen molar-refractivity contribution in [2.24, 2.45) is 0 Å². The highest BCUT2D eigenvalue weighted by Gasteiger charge is 2.05. The van der Waals surface area contributed by atoms with E-state index in [-0.39, 0.29) is 5.57 Å².